The average Bonchev–Trinajstić information content (AvgIpc) is 3.58. The summed E-state index contributed by atoms with van der Waals surface area (Å²) in [5, 5.41) is 0. The lowest BCUT2D eigenvalue weighted by atomic mass is 9.60. The number of hydrogen-bond donors (Lipinski definition) is 0. The van der Waals surface area contributed by atoms with E-state index in [9.17, 15) is 0 Å². The Balaban J connectivity index is 1.17. The highest BCUT2D eigenvalue weighted by Crippen LogP contribution is 2.63. The van der Waals surface area contributed by atoms with Gasteiger partial charge in [-0.15, -0.1) is 0 Å². The molecule has 0 bridgehead atoms. The van der Waals surface area contributed by atoms with Gasteiger partial charge < -0.3 is 4.90 Å². The molecule has 3 aliphatic carbocycles. The molecule has 0 N–H and O–H groups in total. The molecule has 0 saturated carbocycles. The van der Waals surface area contributed by atoms with Crippen LogP contribution >= 0.6 is 0 Å². The molecule has 3 aliphatic rings. The van der Waals surface area contributed by atoms with Crippen molar-refractivity contribution in [3.8, 4) is 11.1 Å². The second-order valence-electron chi connectivity index (χ2n) is 14.4. The predicted molar refractivity (Wildman–Crippen MR) is 226 cm³/mol. The first-order valence-electron chi connectivity index (χ1n) is 19.0. The summed E-state index contributed by atoms with van der Waals surface area (Å²) in [6.45, 7) is 0. The van der Waals surface area contributed by atoms with E-state index >= 15 is 0 Å². The Kier molecular flexibility index (Phi) is 7.92. The second kappa shape index (κ2) is 13.4. The molecule has 256 valence electrons. The van der Waals surface area contributed by atoms with Crippen molar-refractivity contribution in [1.82, 2.24) is 0 Å². The maximum Gasteiger partial charge on any atom is 0.0682 e. The fraction of sp³-hybridized carbons (Fsp3) is 0.0566. The molecule has 2 unspecified atom stereocenters. The van der Waals surface area contributed by atoms with E-state index in [2.05, 4.69) is 229 Å². The van der Waals surface area contributed by atoms with Gasteiger partial charge in [-0.25, -0.2) is 0 Å². The Hall–Kier alpha value is -6.70. The third kappa shape index (κ3) is 5.08. The monoisotopic (exact) mass is 689 g/mol. The number of para-hydroxylation sites is 2. The van der Waals surface area contributed by atoms with E-state index in [1.807, 2.05) is 0 Å². The van der Waals surface area contributed by atoms with Crippen molar-refractivity contribution in [2.24, 2.45) is 11.8 Å². The molecule has 7 aromatic carbocycles. The van der Waals surface area contributed by atoms with Gasteiger partial charge in [0.25, 0.3) is 0 Å². The summed E-state index contributed by atoms with van der Waals surface area (Å²) in [7, 11) is 0. The smallest absolute Gasteiger partial charge is 0.0682 e. The third-order valence-electron chi connectivity index (χ3n) is 11.5. The van der Waals surface area contributed by atoms with Crippen LogP contribution in [-0.4, -0.2) is 0 Å². The number of benzene rings is 7. The van der Waals surface area contributed by atoms with Gasteiger partial charge in [0, 0.05) is 28.8 Å². The summed E-state index contributed by atoms with van der Waals surface area (Å²) in [5.41, 5.74) is 16.0. The van der Waals surface area contributed by atoms with E-state index < -0.39 is 5.41 Å². The number of hydrogen-bond acceptors (Lipinski definition) is 1. The minimum atomic E-state index is -0.433. The van der Waals surface area contributed by atoms with Crippen LogP contribution in [-0.2, 0) is 5.41 Å². The summed E-state index contributed by atoms with van der Waals surface area (Å²) in [4.78, 5) is 2.39. The van der Waals surface area contributed by atoms with Gasteiger partial charge >= 0.3 is 0 Å². The molecule has 0 amide bonds. The van der Waals surface area contributed by atoms with Gasteiger partial charge in [0.1, 0.15) is 0 Å². The molecule has 1 nitrogen and oxygen atoms in total. The van der Waals surface area contributed by atoms with Crippen LogP contribution in [0.15, 0.2) is 230 Å². The summed E-state index contributed by atoms with van der Waals surface area (Å²) in [6, 6.07) is 70.9. The number of rotatable bonds is 7. The van der Waals surface area contributed by atoms with E-state index in [1.165, 1.54) is 55.7 Å². The predicted octanol–water partition coefficient (Wildman–Crippen LogP) is 13.4. The van der Waals surface area contributed by atoms with E-state index in [-0.39, 0.29) is 11.8 Å². The van der Waals surface area contributed by atoms with Crippen molar-refractivity contribution in [3.05, 3.63) is 258 Å². The van der Waals surface area contributed by atoms with Gasteiger partial charge in [-0.3, -0.25) is 0 Å². The Morgan fingerprint density at radius 1 is 0.426 bits per heavy atom. The summed E-state index contributed by atoms with van der Waals surface area (Å²) in [6.07, 6.45) is 11.8. The minimum Gasteiger partial charge on any atom is -0.310 e. The third-order valence-corrected chi connectivity index (χ3v) is 11.5. The fourth-order valence-corrected chi connectivity index (χ4v) is 9.29. The van der Waals surface area contributed by atoms with Crippen molar-refractivity contribution >= 4 is 28.2 Å². The maximum absolute atomic E-state index is 2.53. The summed E-state index contributed by atoms with van der Waals surface area (Å²) >= 11 is 0. The standard InChI is InChI=1S/C53H39N/c1-5-19-38(20-6-1)45-28-16-18-32-50(45)54(43-26-11-4-12-27-43)44-35-33-39(34-36-44)48-37-40-21-13-14-29-46(40)52-51(48)47-30-15-17-31-49(47)53(52,41-22-7-2-8-23-41)42-24-9-3-10-25-42/h1-37,40,46H. The van der Waals surface area contributed by atoms with Crippen LogP contribution in [0.1, 0.15) is 27.8 Å². The molecular formula is C53H39N. The number of fused-ring (bicyclic) bond motifs is 4. The minimum absolute atomic E-state index is 0.226. The normalized spacial score (nSPS) is 17.7. The highest BCUT2D eigenvalue weighted by molar-refractivity contribution is 6.12. The van der Waals surface area contributed by atoms with Crippen molar-refractivity contribution in [2.45, 2.75) is 5.41 Å². The van der Waals surface area contributed by atoms with Gasteiger partial charge in [-0.1, -0.05) is 194 Å². The van der Waals surface area contributed by atoms with Crippen LogP contribution in [0.2, 0.25) is 0 Å². The quantitative estimate of drug-likeness (QED) is 0.161. The first kappa shape index (κ1) is 32.0. The molecule has 0 heterocycles. The van der Waals surface area contributed by atoms with Crippen LogP contribution in [0, 0.1) is 11.8 Å². The van der Waals surface area contributed by atoms with Gasteiger partial charge in [0.2, 0.25) is 0 Å². The van der Waals surface area contributed by atoms with Crippen LogP contribution in [0.5, 0.6) is 0 Å². The average molecular weight is 690 g/mol. The highest BCUT2D eigenvalue weighted by atomic mass is 15.1. The molecule has 54 heavy (non-hydrogen) atoms. The number of allylic oxidation sites excluding steroid dienone is 8. The molecule has 2 atom stereocenters. The topological polar surface area (TPSA) is 3.24 Å². The van der Waals surface area contributed by atoms with Crippen LogP contribution < -0.4 is 4.90 Å². The molecule has 0 spiro atoms. The maximum atomic E-state index is 2.53. The highest BCUT2D eigenvalue weighted by Gasteiger charge is 2.52. The molecule has 0 aromatic heterocycles. The lowest BCUT2D eigenvalue weighted by Gasteiger charge is -2.42. The first-order chi connectivity index (χ1) is 26.8. The van der Waals surface area contributed by atoms with Crippen molar-refractivity contribution < 1.29 is 0 Å². The Bertz CT molecular complexity index is 2540. The lowest BCUT2D eigenvalue weighted by molar-refractivity contribution is 0.554. The van der Waals surface area contributed by atoms with Crippen LogP contribution in [0.25, 0.3) is 22.3 Å². The lowest BCUT2D eigenvalue weighted by Crippen LogP contribution is -2.35. The summed E-state index contributed by atoms with van der Waals surface area (Å²) in [5.74, 6) is 0.465. The SMILES string of the molecule is C1=CC2C=C(c3ccc(N(c4ccccc4)c4ccccc4-c4ccccc4)cc3)C3=C(C2C=C1)C(c1ccccc1)(c1ccccc1)c1ccccc13. The van der Waals surface area contributed by atoms with E-state index in [0.717, 1.165) is 17.1 Å². The molecule has 10 rings (SSSR count). The molecular weight excluding hydrogens is 651 g/mol. The van der Waals surface area contributed by atoms with E-state index in [4.69, 9.17) is 0 Å². The number of nitrogens with zero attached hydrogens (tertiary/aromatic N) is 1. The Morgan fingerprint density at radius 3 is 1.65 bits per heavy atom. The molecule has 0 fully saturated rings. The second-order valence-corrected chi connectivity index (χ2v) is 14.4. The van der Waals surface area contributed by atoms with Gasteiger partial charge in [0.05, 0.1) is 11.1 Å². The van der Waals surface area contributed by atoms with Gasteiger partial charge in [0.15, 0.2) is 0 Å². The molecule has 7 aromatic rings. The first-order valence-corrected chi connectivity index (χ1v) is 19.0. The zero-order valence-electron chi connectivity index (χ0n) is 30.0. The van der Waals surface area contributed by atoms with E-state index in [0.29, 0.717) is 0 Å². The Morgan fingerprint density at radius 2 is 0.963 bits per heavy atom. The number of anilines is 3. The zero-order chi connectivity index (χ0) is 35.9. The van der Waals surface area contributed by atoms with Gasteiger partial charge in [-0.2, -0.15) is 0 Å². The molecule has 0 aliphatic heterocycles. The van der Waals surface area contributed by atoms with Crippen molar-refractivity contribution in [3.63, 3.8) is 0 Å². The Labute approximate surface area is 318 Å². The van der Waals surface area contributed by atoms with Crippen LogP contribution in [0.4, 0.5) is 17.1 Å². The summed E-state index contributed by atoms with van der Waals surface area (Å²) < 4.78 is 0. The van der Waals surface area contributed by atoms with Crippen molar-refractivity contribution in [1.29, 1.82) is 0 Å². The molecule has 0 saturated heterocycles. The van der Waals surface area contributed by atoms with Crippen LogP contribution in [0.3, 0.4) is 0 Å². The van der Waals surface area contributed by atoms with Gasteiger partial charge in [-0.05, 0) is 80.4 Å². The largest absolute Gasteiger partial charge is 0.310 e. The fourth-order valence-electron chi connectivity index (χ4n) is 9.29. The van der Waals surface area contributed by atoms with E-state index in [1.54, 1.807) is 0 Å². The molecule has 0 radical (unpaired) electrons. The van der Waals surface area contributed by atoms with Crippen molar-refractivity contribution in [2.75, 3.05) is 4.90 Å². The molecule has 1 heteroatoms. The zero-order valence-corrected chi connectivity index (χ0v) is 30.0.